The molecule has 3 N–H and O–H groups in total. The zero-order chi connectivity index (χ0) is 24.0. The second-order valence-electron chi connectivity index (χ2n) is 8.77. The van der Waals surface area contributed by atoms with Gasteiger partial charge >= 0.3 is 0 Å². The quantitative estimate of drug-likeness (QED) is 0.205. The molecule has 32 heavy (non-hydrogen) atoms. The molecule has 1 saturated heterocycles. The molecule has 0 spiro atoms. The van der Waals surface area contributed by atoms with Gasteiger partial charge in [0.15, 0.2) is 0 Å². The van der Waals surface area contributed by atoms with E-state index in [0.29, 0.717) is 12.4 Å². The highest BCUT2D eigenvalue weighted by Crippen LogP contribution is 2.25. The van der Waals surface area contributed by atoms with E-state index in [4.69, 9.17) is 10.5 Å². The number of nitrogens with two attached hydrogens (primary N) is 1. The highest BCUT2D eigenvalue weighted by Gasteiger charge is 2.30. The third-order valence-electron chi connectivity index (χ3n) is 5.09. The van der Waals surface area contributed by atoms with Crippen molar-refractivity contribution >= 4 is 17.9 Å². The fraction of sp³-hybridized carbons (Fsp3) is 0.640. The zero-order valence-electron chi connectivity index (χ0n) is 20.4. The van der Waals surface area contributed by atoms with Crippen molar-refractivity contribution in [2.24, 2.45) is 11.1 Å². The van der Waals surface area contributed by atoms with Crippen LogP contribution in [-0.4, -0.2) is 41.3 Å². The first-order valence-corrected chi connectivity index (χ1v) is 12.5. The third-order valence-corrected chi connectivity index (χ3v) is 6.15. The molecule has 1 amide bonds. The summed E-state index contributed by atoms with van der Waals surface area (Å²) in [7, 11) is 0. The Kier molecular flexibility index (Phi) is 13.6. The number of ether oxygens (including phenoxy) is 1. The largest absolute Gasteiger partial charge is 0.494 e. The Morgan fingerprint density at radius 3 is 2.47 bits per heavy atom. The van der Waals surface area contributed by atoms with E-state index in [1.807, 2.05) is 32.9 Å². The minimum absolute atomic E-state index is 0.0118. The van der Waals surface area contributed by atoms with E-state index in [0.717, 1.165) is 38.8 Å². The van der Waals surface area contributed by atoms with Gasteiger partial charge in [-0.25, -0.2) is 8.70 Å². The van der Waals surface area contributed by atoms with E-state index in [-0.39, 0.29) is 23.1 Å². The molecule has 1 aromatic carbocycles. The van der Waals surface area contributed by atoms with Crippen LogP contribution in [0.5, 0.6) is 5.75 Å². The van der Waals surface area contributed by atoms with Crippen LogP contribution >= 0.6 is 11.9 Å². The average molecular weight is 468 g/mol. The topological polar surface area (TPSA) is 67.6 Å². The molecule has 1 atom stereocenters. The van der Waals surface area contributed by atoms with Gasteiger partial charge in [-0.3, -0.25) is 4.79 Å². The van der Waals surface area contributed by atoms with E-state index in [2.05, 4.69) is 23.5 Å². The van der Waals surface area contributed by atoms with Crippen molar-refractivity contribution in [3.05, 3.63) is 42.2 Å². The fourth-order valence-corrected chi connectivity index (χ4v) is 4.23. The van der Waals surface area contributed by atoms with Crippen LogP contribution in [0, 0.1) is 11.2 Å². The summed E-state index contributed by atoms with van der Waals surface area (Å²) < 4.78 is 20.8. The molecule has 1 unspecified atom stereocenters. The van der Waals surface area contributed by atoms with Crippen LogP contribution in [0.2, 0.25) is 0 Å². The van der Waals surface area contributed by atoms with Gasteiger partial charge in [0, 0.05) is 24.5 Å². The number of nitrogens with zero attached hydrogens (tertiary/aromatic N) is 1. The number of halogens is 1. The van der Waals surface area contributed by atoms with Gasteiger partial charge in [-0.1, -0.05) is 58.2 Å². The van der Waals surface area contributed by atoms with E-state index < -0.39 is 5.41 Å². The van der Waals surface area contributed by atoms with Crippen LogP contribution in [0.4, 0.5) is 4.39 Å². The lowest BCUT2D eigenvalue weighted by Gasteiger charge is -2.34. The number of carbonyl (C=O) groups is 1. The summed E-state index contributed by atoms with van der Waals surface area (Å²) in [6, 6.07) is 6.20. The van der Waals surface area contributed by atoms with Crippen molar-refractivity contribution in [2.75, 3.05) is 19.7 Å². The van der Waals surface area contributed by atoms with Crippen LogP contribution in [0.3, 0.4) is 0 Å². The minimum atomic E-state index is -0.452. The molecule has 182 valence electrons. The molecule has 0 bridgehead atoms. The van der Waals surface area contributed by atoms with Gasteiger partial charge in [-0.2, -0.15) is 0 Å². The maximum atomic E-state index is 12.9. The Morgan fingerprint density at radius 2 is 1.91 bits per heavy atom. The molecule has 0 aliphatic carbocycles. The Balaban J connectivity index is 0.00000161. The van der Waals surface area contributed by atoms with Crippen LogP contribution in [0.25, 0.3) is 0 Å². The molecule has 1 aliphatic rings. The summed E-state index contributed by atoms with van der Waals surface area (Å²) in [5.74, 6) is 0.462. The Morgan fingerprint density at radius 1 is 1.31 bits per heavy atom. The number of nitrogens with one attached hydrogen (secondary N) is 1. The Bertz CT molecular complexity index is 674. The lowest BCUT2D eigenvalue weighted by Crippen LogP contribution is -2.47. The molecular formula is C25H42FN3O2S. The molecule has 1 fully saturated rings. The Hall–Kier alpha value is -1.57. The maximum Gasteiger partial charge on any atom is 0.225 e. The van der Waals surface area contributed by atoms with Gasteiger partial charge in [0.2, 0.25) is 5.91 Å². The molecule has 5 nitrogen and oxygen atoms in total. The summed E-state index contributed by atoms with van der Waals surface area (Å²) >= 11 is 1.66. The summed E-state index contributed by atoms with van der Waals surface area (Å²) in [4.78, 5) is 12.7. The first-order valence-electron chi connectivity index (χ1n) is 11.7. The molecule has 1 aliphatic heterocycles. The van der Waals surface area contributed by atoms with Crippen molar-refractivity contribution in [3.63, 3.8) is 0 Å². The summed E-state index contributed by atoms with van der Waals surface area (Å²) in [6.07, 6.45) is 8.57. The molecule has 1 aromatic rings. The van der Waals surface area contributed by atoms with E-state index >= 15 is 0 Å². The monoisotopic (exact) mass is 467 g/mol. The van der Waals surface area contributed by atoms with Crippen LogP contribution in [0.15, 0.2) is 36.4 Å². The second-order valence-corrected chi connectivity index (χ2v) is 10.0. The number of rotatable bonds is 10. The van der Waals surface area contributed by atoms with Gasteiger partial charge in [0.1, 0.15) is 11.6 Å². The van der Waals surface area contributed by atoms with Crippen LogP contribution in [0.1, 0.15) is 66.7 Å². The standard InChI is InChI=1S/C22H34FN3O2S.C3H8/c1-4-6-20(24)29-26-14-11-18(12-15-26)25-21(27)22(2,3)13-5-16-28-19-9-7-17(23)8-10-19;1-3-2/h4,6-10,18,20H,5,11-16,24H2,1-3H3,(H,25,27);3H2,1-2H3/b6-4-;. The number of piperidine rings is 1. The number of amides is 1. The molecule has 0 aromatic heterocycles. The molecule has 7 heteroatoms. The predicted octanol–water partition coefficient (Wildman–Crippen LogP) is 5.52. The number of carbonyl (C=O) groups excluding carboxylic acids is 1. The number of benzene rings is 1. The Labute approximate surface area is 198 Å². The van der Waals surface area contributed by atoms with Gasteiger partial charge in [-0.05, 0) is 56.9 Å². The molecule has 1 heterocycles. The maximum absolute atomic E-state index is 12.9. The number of hydrogen-bond acceptors (Lipinski definition) is 5. The number of allylic oxidation sites excluding steroid dienone is 1. The lowest BCUT2D eigenvalue weighted by molar-refractivity contribution is -0.130. The number of hydrogen-bond donors (Lipinski definition) is 2. The SMILES string of the molecule is C/C=C\C(N)SN1CCC(NC(=O)C(C)(C)CCCOc2ccc(F)cc2)CC1.CCC. The van der Waals surface area contributed by atoms with Gasteiger partial charge in [-0.15, -0.1) is 0 Å². The van der Waals surface area contributed by atoms with Crippen LogP contribution in [-0.2, 0) is 4.79 Å². The summed E-state index contributed by atoms with van der Waals surface area (Å²) in [6.45, 7) is 12.5. The molecular weight excluding hydrogens is 425 g/mol. The first kappa shape index (κ1) is 28.5. The first-order chi connectivity index (χ1) is 15.2. The van der Waals surface area contributed by atoms with Crippen molar-refractivity contribution in [1.29, 1.82) is 0 Å². The van der Waals surface area contributed by atoms with Crippen molar-refractivity contribution in [3.8, 4) is 5.75 Å². The smallest absolute Gasteiger partial charge is 0.225 e. The third kappa shape index (κ3) is 11.3. The van der Waals surface area contributed by atoms with E-state index in [9.17, 15) is 9.18 Å². The highest BCUT2D eigenvalue weighted by molar-refractivity contribution is 7.97. The normalized spacial score (nSPS) is 16.3. The highest BCUT2D eigenvalue weighted by atomic mass is 32.2. The van der Waals surface area contributed by atoms with E-state index in [1.54, 1.807) is 24.1 Å². The average Bonchev–Trinajstić information content (AvgIpc) is 2.74. The van der Waals surface area contributed by atoms with Gasteiger partial charge in [0.05, 0.1) is 12.0 Å². The lowest BCUT2D eigenvalue weighted by atomic mass is 9.86. The van der Waals surface area contributed by atoms with Crippen LogP contribution < -0.4 is 15.8 Å². The predicted molar refractivity (Wildman–Crippen MR) is 134 cm³/mol. The van der Waals surface area contributed by atoms with E-state index in [1.165, 1.54) is 18.6 Å². The van der Waals surface area contributed by atoms with Crippen molar-refractivity contribution < 1.29 is 13.9 Å². The van der Waals surface area contributed by atoms with Crippen molar-refractivity contribution in [2.45, 2.75) is 78.1 Å². The van der Waals surface area contributed by atoms with Gasteiger partial charge in [0.25, 0.3) is 0 Å². The second kappa shape index (κ2) is 15.3. The molecule has 2 rings (SSSR count). The molecule has 0 saturated carbocycles. The summed E-state index contributed by atoms with van der Waals surface area (Å²) in [5.41, 5.74) is 5.57. The van der Waals surface area contributed by atoms with Crippen molar-refractivity contribution in [1.82, 2.24) is 9.62 Å². The molecule has 0 radical (unpaired) electrons. The zero-order valence-corrected chi connectivity index (χ0v) is 21.2. The minimum Gasteiger partial charge on any atom is -0.494 e. The summed E-state index contributed by atoms with van der Waals surface area (Å²) in [5, 5.41) is 3.21. The van der Waals surface area contributed by atoms with Gasteiger partial charge < -0.3 is 15.8 Å². The fourth-order valence-electron chi connectivity index (χ4n) is 3.23.